The molecule has 0 N–H and O–H groups in total. The molecule has 17 heavy (non-hydrogen) atoms. The lowest BCUT2D eigenvalue weighted by Crippen LogP contribution is -2.34. The lowest BCUT2D eigenvalue weighted by molar-refractivity contribution is 0.537. The van der Waals surface area contributed by atoms with Crippen LogP contribution in [0.15, 0.2) is 23.3 Å². The fraction of sp³-hybridized carbons (Fsp3) is 0.714. The van der Waals surface area contributed by atoms with Crippen molar-refractivity contribution in [3.05, 3.63) is 23.3 Å². The Morgan fingerprint density at radius 2 is 1.35 bits per heavy atom. The maximum Gasteiger partial charge on any atom is 0.156 e. The van der Waals surface area contributed by atoms with E-state index in [9.17, 15) is 8.42 Å². The zero-order valence-electron chi connectivity index (χ0n) is 10.8. The minimum Gasteiger partial charge on any atom is -0.228 e. The third kappa shape index (κ3) is 2.82. The summed E-state index contributed by atoms with van der Waals surface area (Å²) in [7, 11) is -2.92. The Hall–Kier alpha value is -0.570. The molecule has 0 aromatic rings. The predicted molar refractivity (Wildman–Crippen MR) is 71.7 cm³/mol. The molecule has 2 rings (SSSR count). The van der Waals surface area contributed by atoms with Gasteiger partial charge >= 0.3 is 0 Å². The summed E-state index contributed by atoms with van der Waals surface area (Å²) in [5.74, 6) is 0. The van der Waals surface area contributed by atoms with Gasteiger partial charge in [-0.1, -0.05) is 23.3 Å². The van der Waals surface area contributed by atoms with Gasteiger partial charge in [0.2, 0.25) is 0 Å². The summed E-state index contributed by atoms with van der Waals surface area (Å²) in [5.41, 5.74) is 2.69. The second-order valence-electron chi connectivity index (χ2n) is 5.48. The number of hydrogen-bond acceptors (Lipinski definition) is 2. The minimum absolute atomic E-state index is 0.122. The summed E-state index contributed by atoms with van der Waals surface area (Å²) < 4.78 is 25.0. The van der Waals surface area contributed by atoms with E-state index in [0.29, 0.717) is 0 Å². The number of rotatable bonds is 2. The molecule has 0 saturated heterocycles. The molecular weight excluding hydrogens is 232 g/mol. The van der Waals surface area contributed by atoms with Gasteiger partial charge in [0.05, 0.1) is 10.5 Å². The van der Waals surface area contributed by atoms with Crippen molar-refractivity contribution in [2.45, 2.75) is 62.9 Å². The third-order valence-electron chi connectivity index (χ3n) is 4.11. The number of allylic oxidation sites excluding steroid dienone is 4. The van der Waals surface area contributed by atoms with Crippen LogP contribution in [0.5, 0.6) is 0 Å². The monoisotopic (exact) mass is 254 g/mol. The second-order valence-corrected chi connectivity index (χ2v) is 7.99. The van der Waals surface area contributed by atoms with Crippen LogP contribution in [-0.4, -0.2) is 18.9 Å². The Morgan fingerprint density at radius 3 is 1.65 bits per heavy atom. The summed E-state index contributed by atoms with van der Waals surface area (Å²) in [4.78, 5) is 0. The molecule has 3 heteroatoms. The largest absolute Gasteiger partial charge is 0.228 e. The first-order valence-electron chi connectivity index (χ1n) is 6.54. The highest BCUT2D eigenvalue weighted by molar-refractivity contribution is 7.92. The van der Waals surface area contributed by atoms with Gasteiger partial charge in [0, 0.05) is 0 Å². The molecule has 0 radical (unpaired) electrons. The van der Waals surface area contributed by atoms with Crippen LogP contribution in [0, 0.1) is 0 Å². The highest BCUT2D eigenvalue weighted by atomic mass is 32.2. The average molecular weight is 254 g/mol. The summed E-state index contributed by atoms with van der Waals surface area (Å²) in [6.45, 7) is 4.19. The molecular formula is C14H22O2S. The van der Waals surface area contributed by atoms with Gasteiger partial charge in [-0.2, -0.15) is 0 Å². The molecule has 2 atom stereocenters. The average Bonchev–Trinajstić information content (AvgIpc) is 2.30. The Kier molecular flexibility index (Phi) is 3.76. The molecule has 2 nitrogen and oxygen atoms in total. The van der Waals surface area contributed by atoms with Crippen LogP contribution >= 0.6 is 0 Å². The molecule has 0 heterocycles. The van der Waals surface area contributed by atoms with Gasteiger partial charge in [0.25, 0.3) is 0 Å². The van der Waals surface area contributed by atoms with E-state index < -0.39 is 9.84 Å². The van der Waals surface area contributed by atoms with Gasteiger partial charge < -0.3 is 0 Å². The van der Waals surface area contributed by atoms with Crippen LogP contribution in [0.3, 0.4) is 0 Å². The molecule has 0 aromatic heterocycles. The van der Waals surface area contributed by atoms with Crippen LogP contribution < -0.4 is 0 Å². The van der Waals surface area contributed by atoms with E-state index >= 15 is 0 Å². The first-order chi connectivity index (χ1) is 8.00. The van der Waals surface area contributed by atoms with Gasteiger partial charge in [-0.3, -0.25) is 0 Å². The van der Waals surface area contributed by atoms with Crippen molar-refractivity contribution in [3.8, 4) is 0 Å². The maximum absolute atomic E-state index is 12.5. The smallest absolute Gasteiger partial charge is 0.156 e. The molecule has 2 aliphatic rings. The van der Waals surface area contributed by atoms with E-state index in [2.05, 4.69) is 26.0 Å². The van der Waals surface area contributed by atoms with Crippen LogP contribution in [0.4, 0.5) is 0 Å². The molecule has 0 bridgehead atoms. The van der Waals surface area contributed by atoms with Crippen molar-refractivity contribution in [1.82, 2.24) is 0 Å². The van der Waals surface area contributed by atoms with Crippen molar-refractivity contribution in [3.63, 3.8) is 0 Å². The number of hydrogen-bond donors (Lipinski definition) is 0. The molecule has 0 aliphatic heterocycles. The Morgan fingerprint density at radius 1 is 0.941 bits per heavy atom. The Labute approximate surface area is 105 Å². The van der Waals surface area contributed by atoms with Crippen molar-refractivity contribution < 1.29 is 8.42 Å². The van der Waals surface area contributed by atoms with Crippen molar-refractivity contribution in [2.75, 3.05) is 0 Å². The summed E-state index contributed by atoms with van der Waals surface area (Å²) in [6.07, 6.45) is 9.22. The Bertz CT molecular complexity index is 407. The molecule has 0 spiro atoms. The predicted octanol–water partition coefficient (Wildman–Crippen LogP) is 3.40. The maximum atomic E-state index is 12.5. The van der Waals surface area contributed by atoms with Gasteiger partial charge in [0.1, 0.15) is 0 Å². The molecule has 0 saturated carbocycles. The third-order valence-corrected chi connectivity index (χ3v) is 6.82. The quantitative estimate of drug-likeness (QED) is 0.708. The molecule has 0 aromatic carbocycles. The lowest BCUT2D eigenvalue weighted by Gasteiger charge is -2.27. The molecule has 0 amide bonds. The van der Waals surface area contributed by atoms with Crippen LogP contribution in [0.25, 0.3) is 0 Å². The zero-order valence-corrected chi connectivity index (χ0v) is 11.6. The van der Waals surface area contributed by atoms with E-state index in [1.165, 1.54) is 11.1 Å². The van der Waals surface area contributed by atoms with Gasteiger partial charge in [-0.05, 0) is 52.4 Å². The molecule has 96 valence electrons. The topological polar surface area (TPSA) is 34.1 Å². The van der Waals surface area contributed by atoms with Gasteiger partial charge in [-0.25, -0.2) is 8.42 Å². The van der Waals surface area contributed by atoms with Crippen LogP contribution in [0.1, 0.15) is 52.4 Å². The van der Waals surface area contributed by atoms with Gasteiger partial charge in [0.15, 0.2) is 9.84 Å². The standard InChI is InChI=1S/C14H22O2S/c1-11-3-7-13(8-4-11)17(15,16)14-9-5-12(2)6-10-14/h3,5,13-14H,4,6-10H2,1-2H3. The molecule has 0 fully saturated rings. The van der Waals surface area contributed by atoms with Gasteiger partial charge in [-0.15, -0.1) is 0 Å². The van der Waals surface area contributed by atoms with Crippen molar-refractivity contribution in [2.24, 2.45) is 0 Å². The first-order valence-corrected chi connectivity index (χ1v) is 8.15. The summed E-state index contributed by atoms with van der Waals surface area (Å²) in [5, 5.41) is -0.244. The zero-order chi connectivity index (χ0) is 12.5. The van der Waals surface area contributed by atoms with E-state index in [1.807, 2.05) is 0 Å². The highest BCUT2D eigenvalue weighted by Crippen LogP contribution is 2.31. The van der Waals surface area contributed by atoms with Crippen LogP contribution in [-0.2, 0) is 9.84 Å². The van der Waals surface area contributed by atoms with Crippen molar-refractivity contribution in [1.29, 1.82) is 0 Å². The fourth-order valence-corrected chi connectivity index (χ4v) is 4.92. The SMILES string of the molecule is CC1=CCC(S(=O)(=O)C2CC=C(C)CC2)CC1. The number of sulfone groups is 1. The normalized spacial score (nSPS) is 30.7. The summed E-state index contributed by atoms with van der Waals surface area (Å²) in [6, 6.07) is 0. The van der Waals surface area contributed by atoms with E-state index in [1.54, 1.807) is 0 Å². The highest BCUT2D eigenvalue weighted by Gasteiger charge is 2.34. The minimum atomic E-state index is -2.92. The van der Waals surface area contributed by atoms with Crippen LogP contribution in [0.2, 0.25) is 0 Å². The van der Waals surface area contributed by atoms with E-state index in [4.69, 9.17) is 0 Å². The molecule has 2 unspecified atom stereocenters. The van der Waals surface area contributed by atoms with Crippen molar-refractivity contribution >= 4 is 9.84 Å². The lowest BCUT2D eigenvalue weighted by atomic mass is 10.0. The second kappa shape index (κ2) is 4.97. The van der Waals surface area contributed by atoms with E-state index in [-0.39, 0.29) is 10.5 Å². The fourth-order valence-electron chi connectivity index (χ4n) is 2.75. The Balaban J connectivity index is 2.09. The van der Waals surface area contributed by atoms with E-state index in [0.717, 1.165) is 38.5 Å². The molecule has 2 aliphatic carbocycles. The summed E-state index contributed by atoms with van der Waals surface area (Å²) >= 11 is 0. The first kappa shape index (κ1) is 12.9.